The largest absolute Gasteiger partial charge is 0.340 e. The molecule has 1 unspecified atom stereocenters. The number of carbonyl (C=O) groups is 1. The zero-order valence-corrected chi connectivity index (χ0v) is 20.6. The summed E-state index contributed by atoms with van der Waals surface area (Å²) in [6, 6.07) is 2.54. The van der Waals surface area contributed by atoms with Crippen molar-refractivity contribution in [3.8, 4) is 11.3 Å². The van der Waals surface area contributed by atoms with Crippen LogP contribution in [0.3, 0.4) is 0 Å². The molecule has 1 aromatic heterocycles. The van der Waals surface area contributed by atoms with Crippen LogP contribution < -0.4 is 10.3 Å². The molecule has 1 aliphatic rings. The van der Waals surface area contributed by atoms with Crippen molar-refractivity contribution in [2.45, 2.75) is 25.5 Å². The van der Waals surface area contributed by atoms with Crippen molar-refractivity contribution in [1.29, 1.82) is 0 Å². The van der Waals surface area contributed by atoms with Gasteiger partial charge in [-0.2, -0.15) is 0 Å². The first kappa shape index (κ1) is 25.6. The van der Waals surface area contributed by atoms with Gasteiger partial charge in [-0.15, -0.1) is 4.83 Å². The van der Waals surface area contributed by atoms with Gasteiger partial charge >= 0.3 is 0 Å². The number of aryl methyl sites for hydroxylation is 1. The quantitative estimate of drug-likeness (QED) is 0.506. The Kier molecular flexibility index (Phi) is 7.49. The van der Waals surface area contributed by atoms with Gasteiger partial charge in [0.25, 0.3) is 5.91 Å². The normalized spacial score (nSPS) is 17.6. The molecule has 33 heavy (non-hydrogen) atoms. The van der Waals surface area contributed by atoms with Gasteiger partial charge in [-0.3, -0.25) is 10.2 Å². The first-order chi connectivity index (χ1) is 15.3. The molecule has 1 aromatic carbocycles. The van der Waals surface area contributed by atoms with Crippen LogP contribution in [-0.2, 0) is 27.1 Å². The summed E-state index contributed by atoms with van der Waals surface area (Å²) in [7, 11) is -5.75. The first-order valence-electron chi connectivity index (χ1n) is 10.1. The number of benzene rings is 1. The van der Waals surface area contributed by atoms with Crippen LogP contribution >= 0.6 is 11.6 Å². The minimum atomic E-state index is -4.01. The van der Waals surface area contributed by atoms with Crippen LogP contribution in [0.4, 0.5) is 4.39 Å². The zero-order chi connectivity index (χ0) is 24.6. The van der Waals surface area contributed by atoms with Crippen molar-refractivity contribution in [1.82, 2.24) is 24.1 Å². The fourth-order valence-electron chi connectivity index (χ4n) is 3.47. The highest BCUT2D eigenvalue weighted by atomic mass is 35.5. The molecule has 10 nitrogen and oxygen atoms in total. The standard InChI is InChI=1S/C19H25ClFN5O5S2/c1-12(2)33(30,31)26-5-4-13(8-26)10-32(28,29)24-23-19(27)15-6-14(7-16(20)18(15)21)17-9-25(3)11-22-17/h6-7,9,11-13,24H,4-5,8,10H2,1-3H3,(H,23,27). The number of hydrazine groups is 1. The molecule has 1 aliphatic heterocycles. The third kappa shape index (κ3) is 5.90. The molecule has 182 valence electrons. The van der Waals surface area contributed by atoms with E-state index in [1.807, 2.05) is 10.3 Å². The number of sulfonamides is 2. The number of rotatable bonds is 8. The Morgan fingerprint density at radius 3 is 2.61 bits per heavy atom. The van der Waals surface area contributed by atoms with Crippen LogP contribution in [0.1, 0.15) is 30.6 Å². The summed E-state index contributed by atoms with van der Waals surface area (Å²) in [6.45, 7) is 3.43. The molecule has 0 aliphatic carbocycles. The second kappa shape index (κ2) is 9.66. The van der Waals surface area contributed by atoms with Gasteiger partial charge in [-0.1, -0.05) is 11.6 Å². The van der Waals surface area contributed by atoms with Crippen LogP contribution in [0, 0.1) is 11.7 Å². The van der Waals surface area contributed by atoms with E-state index in [4.69, 9.17) is 11.6 Å². The van der Waals surface area contributed by atoms with E-state index < -0.39 is 54.3 Å². The van der Waals surface area contributed by atoms with Gasteiger partial charge < -0.3 is 4.57 Å². The highest BCUT2D eigenvalue weighted by Crippen LogP contribution is 2.27. The highest BCUT2D eigenvalue weighted by molar-refractivity contribution is 7.90. The lowest BCUT2D eigenvalue weighted by atomic mass is 10.1. The minimum absolute atomic E-state index is 0.0751. The number of nitrogens with zero attached hydrogens (tertiary/aromatic N) is 3. The molecule has 0 bridgehead atoms. The van der Waals surface area contributed by atoms with E-state index in [0.717, 1.165) is 0 Å². The topological polar surface area (TPSA) is 130 Å². The fourth-order valence-corrected chi connectivity index (χ4v) is 6.29. The van der Waals surface area contributed by atoms with Crippen LogP contribution in [0.5, 0.6) is 0 Å². The lowest BCUT2D eigenvalue weighted by Gasteiger charge is -2.19. The number of nitrogens with one attached hydrogen (secondary N) is 2. The molecule has 1 atom stereocenters. The van der Waals surface area contributed by atoms with Crippen molar-refractivity contribution in [3.05, 3.63) is 41.1 Å². The predicted octanol–water partition coefficient (Wildman–Crippen LogP) is 1.50. The summed E-state index contributed by atoms with van der Waals surface area (Å²) in [4.78, 5) is 18.6. The average molecular weight is 522 g/mol. The lowest BCUT2D eigenvalue weighted by molar-refractivity contribution is 0.0941. The molecule has 14 heteroatoms. The summed E-state index contributed by atoms with van der Waals surface area (Å²) in [5.41, 5.74) is 2.37. The molecule has 0 spiro atoms. The van der Waals surface area contributed by atoms with E-state index in [1.54, 1.807) is 31.7 Å². The monoisotopic (exact) mass is 521 g/mol. The van der Waals surface area contributed by atoms with Crippen LogP contribution in [0.2, 0.25) is 5.02 Å². The summed E-state index contributed by atoms with van der Waals surface area (Å²) in [5, 5.41) is -0.919. The van der Waals surface area contributed by atoms with E-state index in [9.17, 15) is 26.0 Å². The number of halogens is 2. The molecule has 1 saturated heterocycles. The van der Waals surface area contributed by atoms with Gasteiger partial charge in [0, 0.05) is 31.9 Å². The number of amides is 1. The third-order valence-corrected chi connectivity index (χ3v) is 9.09. The van der Waals surface area contributed by atoms with Gasteiger partial charge in [-0.25, -0.2) is 30.5 Å². The van der Waals surface area contributed by atoms with Crippen LogP contribution in [-0.4, -0.2) is 60.7 Å². The third-order valence-electron chi connectivity index (χ3n) is 5.25. The van der Waals surface area contributed by atoms with Gasteiger partial charge in [0.2, 0.25) is 20.0 Å². The maximum Gasteiger partial charge on any atom is 0.269 e. The van der Waals surface area contributed by atoms with Crippen molar-refractivity contribution in [2.75, 3.05) is 18.8 Å². The first-order valence-corrected chi connectivity index (χ1v) is 13.6. The minimum Gasteiger partial charge on any atom is -0.340 e. The Balaban J connectivity index is 1.66. The van der Waals surface area contributed by atoms with Gasteiger partial charge in [0.1, 0.15) is 0 Å². The molecule has 2 aromatic rings. The van der Waals surface area contributed by atoms with Gasteiger partial charge in [0.15, 0.2) is 5.82 Å². The van der Waals surface area contributed by atoms with E-state index in [-0.39, 0.29) is 18.1 Å². The maximum atomic E-state index is 14.5. The maximum absolute atomic E-state index is 14.5. The molecular weight excluding hydrogens is 497 g/mol. The Morgan fingerprint density at radius 1 is 1.30 bits per heavy atom. The smallest absolute Gasteiger partial charge is 0.269 e. The van der Waals surface area contributed by atoms with Gasteiger partial charge in [0.05, 0.1) is 33.6 Å². The van der Waals surface area contributed by atoms with Crippen molar-refractivity contribution >= 4 is 37.6 Å². The Bertz CT molecular complexity index is 1260. The molecule has 0 radical (unpaired) electrons. The Morgan fingerprint density at radius 2 is 2.00 bits per heavy atom. The molecule has 1 fully saturated rings. The zero-order valence-electron chi connectivity index (χ0n) is 18.2. The SMILES string of the molecule is CC(C)S(=O)(=O)N1CCC(CS(=O)(=O)NNC(=O)c2cc(-c3cn(C)cn3)cc(Cl)c2F)C1. The number of aromatic nitrogens is 2. The number of hydrogen-bond acceptors (Lipinski definition) is 6. The number of imidazole rings is 1. The van der Waals surface area contributed by atoms with Crippen molar-refractivity contribution < 1.29 is 26.0 Å². The second-order valence-electron chi connectivity index (χ2n) is 8.19. The molecule has 0 saturated carbocycles. The number of hydrogen-bond donors (Lipinski definition) is 2. The van der Waals surface area contributed by atoms with Crippen molar-refractivity contribution in [3.63, 3.8) is 0 Å². The Labute approximate surface area is 197 Å². The second-order valence-corrected chi connectivity index (χ2v) is 12.9. The molecular formula is C19H25ClFN5O5S2. The molecule has 2 heterocycles. The summed E-state index contributed by atoms with van der Waals surface area (Å²) in [5.74, 6) is -2.87. The van der Waals surface area contributed by atoms with E-state index in [1.165, 1.54) is 22.8 Å². The summed E-state index contributed by atoms with van der Waals surface area (Å²) in [6.07, 6.45) is 3.55. The molecule has 1 amide bonds. The van der Waals surface area contributed by atoms with Crippen LogP contribution in [0.25, 0.3) is 11.3 Å². The molecule has 2 N–H and O–H groups in total. The molecule has 3 rings (SSSR count). The summed E-state index contributed by atoms with van der Waals surface area (Å²) < 4.78 is 66.8. The average Bonchev–Trinajstić information content (AvgIpc) is 3.37. The highest BCUT2D eigenvalue weighted by Gasteiger charge is 2.35. The van der Waals surface area contributed by atoms with Gasteiger partial charge in [-0.05, 0) is 38.3 Å². The summed E-state index contributed by atoms with van der Waals surface area (Å²) >= 11 is 5.91. The number of carbonyl (C=O) groups excluding carboxylic acids is 1. The fraction of sp³-hybridized carbons (Fsp3) is 0.474. The lowest BCUT2D eigenvalue weighted by Crippen LogP contribution is -2.44. The van der Waals surface area contributed by atoms with E-state index in [2.05, 4.69) is 4.98 Å². The predicted molar refractivity (Wildman–Crippen MR) is 122 cm³/mol. The van der Waals surface area contributed by atoms with E-state index >= 15 is 0 Å². The van der Waals surface area contributed by atoms with Crippen LogP contribution in [0.15, 0.2) is 24.7 Å². The van der Waals surface area contributed by atoms with E-state index in [0.29, 0.717) is 17.7 Å². The van der Waals surface area contributed by atoms with Crippen molar-refractivity contribution in [2.24, 2.45) is 13.0 Å². The Hall–Kier alpha value is -2.06.